The molecule has 1 saturated carbocycles. The van der Waals surface area contributed by atoms with Crippen LogP contribution in [0.2, 0.25) is 0 Å². The van der Waals surface area contributed by atoms with E-state index in [9.17, 15) is 18.3 Å². The van der Waals surface area contributed by atoms with Crippen molar-refractivity contribution in [3.8, 4) is 5.75 Å². The van der Waals surface area contributed by atoms with E-state index in [1.54, 1.807) is 0 Å². The van der Waals surface area contributed by atoms with Crippen LogP contribution in [-0.4, -0.2) is 42.5 Å². The van der Waals surface area contributed by atoms with E-state index in [4.69, 9.17) is 5.11 Å². The summed E-state index contributed by atoms with van der Waals surface area (Å²) in [6, 6.07) is 2.19. The molecule has 1 aromatic carbocycles. The molecule has 1 aliphatic carbocycles. The van der Waals surface area contributed by atoms with Gasteiger partial charge in [0, 0.05) is 13.6 Å². The number of sulfonamides is 1. The molecule has 1 aromatic rings. The van der Waals surface area contributed by atoms with Gasteiger partial charge in [-0.2, -0.15) is 0 Å². The van der Waals surface area contributed by atoms with Crippen LogP contribution in [0.5, 0.6) is 5.75 Å². The van der Waals surface area contributed by atoms with E-state index in [1.165, 1.54) is 24.3 Å². The first-order valence-electron chi connectivity index (χ1n) is 6.26. The quantitative estimate of drug-likeness (QED) is 0.857. The van der Waals surface area contributed by atoms with Gasteiger partial charge in [0.25, 0.3) is 0 Å². The lowest BCUT2D eigenvalue weighted by atomic mass is 10.1. The minimum Gasteiger partial charge on any atom is -0.507 e. The first-order valence-corrected chi connectivity index (χ1v) is 7.70. The van der Waals surface area contributed by atoms with Crippen molar-refractivity contribution in [2.75, 3.05) is 13.6 Å². The highest BCUT2D eigenvalue weighted by molar-refractivity contribution is 7.89. The smallest absolute Gasteiger partial charge is 0.339 e. The number of hydrogen-bond acceptors (Lipinski definition) is 4. The molecule has 1 aliphatic rings. The molecule has 0 amide bonds. The van der Waals surface area contributed by atoms with Crippen LogP contribution < -0.4 is 0 Å². The van der Waals surface area contributed by atoms with Gasteiger partial charge in [-0.05, 0) is 43.4 Å². The molecule has 0 radical (unpaired) electrons. The topological polar surface area (TPSA) is 94.9 Å². The fourth-order valence-corrected chi connectivity index (χ4v) is 3.53. The van der Waals surface area contributed by atoms with Gasteiger partial charge in [-0.3, -0.25) is 0 Å². The Bertz CT molecular complexity index is 649. The first-order chi connectivity index (χ1) is 9.23. The fourth-order valence-electron chi connectivity index (χ4n) is 2.05. The SMILES string of the molecule is Cc1cc(O)c(C(=O)O)cc1S(=O)(=O)N(C)CC1CC1. The van der Waals surface area contributed by atoms with Gasteiger partial charge in [0.2, 0.25) is 10.0 Å². The maximum Gasteiger partial charge on any atom is 0.339 e. The molecule has 6 nitrogen and oxygen atoms in total. The number of nitrogens with zero attached hydrogens (tertiary/aromatic N) is 1. The second-order valence-corrected chi connectivity index (χ2v) is 7.18. The third-order valence-electron chi connectivity index (χ3n) is 3.42. The molecule has 7 heteroatoms. The van der Waals surface area contributed by atoms with Crippen LogP contribution in [0, 0.1) is 12.8 Å². The van der Waals surface area contributed by atoms with Crippen LogP contribution in [0.4, 0.5) is 0 Å². The highest BCUT2D eigenvalue weighted by Gasteiger charge is 2.31. The molecule has 0 spiro atoms. The van der Waals surface area contributed by atoms with E-state index < -0.39 is 27.3 Å². The van der Waals surface area contributed by atoms with E-state index in [0.29, 0.717) is 18.0 Å². The molecule has 0 aliphatic heterocycles. The number of carbonyl (C=O) groups is 1. The van der Waals surface area contributed by atoms with Gasteiger partial charge < -0.3 is 10.2 Å². The summed E-state index contributed by atoms with van der Waals surface area (Å²) in [5.41, 5.74) is -0.0795. The number of aromatic hydroxyl groups is 1. The fraction of sp³-hybridized carbons (Fsp3) is 0.462. The van der Waals surface area contributed by atoms with Crippen molar-refractivity contribution in [1.29, 1.82) is 0 Å². The highest BCUT2D eigenvalue weighted by atomic mass is 32.2. The molecule has 0 atom stereocenters. The van der Waals surface area contributed by atoms with Crippen molar-refractivity contribution < 1.29 is 23.4 Å². The Kier molecular flexibility index (Phi) is 3.75. The third kappa shape index (κ3) is 2.78. The number of hydrogen-bond donors (Lipinski definition) is 2. The summed E-state index contributed by atoms with van der Waals surface area (Å²) < 4.78 is 26.2. The van der Waals surface area contributed by atoms with Gasteiger partial charge in [-0.15, -0.1) is 0 Å². The van der Waals surface area contributed by atoms with Crippen molar-refractivity contribution >= 4 is 16.0 Å². The molecular formula is C13H17NO5S. The molecule has 0 unspecified atom stereocenters. The molecule has 0 saturated heterocycles. The van der Waals surface area contributed by atoms with Gasteiger partial charge in [0.1, 0.15) is 11.3 Å². The van der Waals surface area contributed by atoms with Crippen LogP contribution >= 0.6 is 0 Å². The van der Waals surface area contributed by atoms with Gasteiger partial charge >= 0.3 is 5.97 Å². The summed E-state index contributed by atoms with van der Waals surface area (Å²) in [5, 5.41) is 18.5. The summed E-state index contributed by atoms with van der Waals surface area (Å²) in [5.74, 6) is -1.39. The Morgan fingerprint density at radius 1 is 1.40 bits per heavy atom. The average Bonchev–Trinajstić information content (AvgIpc) is 3.11. The largest absolute Gasteiger partial charge is 0.507 e. The van der Waals surface area contributed by atoms with Crippen LogP contribution in [0.15, 0.2) is 17.0 Å². The zero-order valence-corrected chi connectivity index (χ0v) is 12.1. The van der Waals surface area contributed by atoms with Crippen LogP contribution in [0.1, 0.15) is 28.8 Å². The minimum absolute atomic E-state index is 0.0733. The van der Waals surface area contributed by atoms with Gasteiger partial charge in [-0.25, -0.2) is 17.5 Å². The lowest BCUT2D eigenvalue weighted by Gasteiger charge is -2.19. The number of aryl methyl sites for hydroxylation is 1. The molecule has 0 heterocycles. The Labute approximate surface area is 117 Å². The van der Waals surface area contributed by atoms with Gasteiger partial charge in [-0.1, -0.05) is 0 Å². The molecule has 0 bridgehead atoms. The molecular weight excluding hydrogens is 282 g/mol. The first kappa shape index (κ1) is 14.8. The molecule has 20 heavy (non-hydrogen) atoms. The van der Waals surface area contributed by atoms with E-state index in [1.807, 2.05) is 0 Å². The summed E-state index contributed by atoms with van der Waals surface area (Å²) in [6.07, 6.45) is 2.05. The van der Waals surface area contributed by atoms with Crippen molar-refractivity contribution in [2.24, 2.45) is 5.92 Å². The number of benzene rings is 1. The molecule has 110 valence electrons. The monoisotopic (exact) mass is 299 g/mol. The lowest BCUT2D eigenvalue weighted by Crippen LogP contribution is -2.29. The molecule has 2 N–H and O–H groups in total. The highest BCUT2D eigenvalue weighted by Crippen LogP contribution is 2.32. The molecule has 1 fully saturated rings. The van der Waals surface area contributed by atoms with E-state index in [-0.39, 0.29) is 4.90 Å². The normalized spacial score (nSPS) is 15.6. The maximum absolute atomic E-state index is 12.5. The predicted molar refractivity (Wildman–Crippen MR) is 72.3 cm³/mol. The second-order valence-electron chi connectivity index (χ2n) is 5.17. The van der Waals surface area contributed by atoms with E-state index in [2.05, 4.69) is 0 Å². The van der Waals surface area contributed by atoms with Gasteiger partial charge in [0.05, 0.1) is 4.90 Å². The number of aromatic carboxylic acids is 1. The van der Waals surface area contributed by atoms with Crippen LogP contribution in [0.25, 0.3) is 0 Å². The zero-order valence-electron chi connectivity index (χ0n) is 11.3. The van der Waals surface area contributed by atoms with Crippen LogP contribution in [0.3, 0.4) is 0 Å². The van der Waals surface area contributed by atoms with E-state index in [0.717, 1.165) is 18.9 Å². The van der Waals surface area contributed by atoms with E-state index >= 15 is 0 Å². The zero-order chi connectivity index (χ0) is 15.1. The molecule has 0 aromatic heterocycles. The van der Waals surface area contributed by atoms with Crippen molar-refractivity contribution in [3.63, 3.8) is 0 Å². The Balaban J connectivity index is 2.44. The van der Waals surface area contributed by atoms with Crippen molar-refractivity contribution in [3.05, 3.63) is 23.3 Å². The summed E-state index contributed by atoms with van der Waals surface area (Å²) in [4.78, 5) is 10.9. The number of carboxylic acids is 1. The number of rotatable bonds is 5. The minimum atomic E-state index is -3.74. The number of carboxylic acid groups (broad SMARTS) is 1. The Morgan fingerprint density at radius 3 is 2.50 bits per heavy atom. The predicted octanol–water partition coefficient (Wildman–Crippen LogP) is 1.43. The molecule has 2 rings (SSSR count). The summed E-state index contributed by atoms with van der Waals surface area (Å²) in [6.45, 7) is 1.97. The maximum atomic E-state index is 12.5. The standard InChI is InChI=1S/C13H17NO5S/c1-8-5-11(15)10(13(16)17)6-12(8)20(18,19)14(2)7-9-3-4-9/h5-6,9,15H,3-4,7H2,1-2H3,(H,16,17). The van der Waals surface area contributed by atoms with Crippen molar-refractivity contribution in [1.82, 2.24) is 4.31 Å². The number of phenols is 1. The Hall–Kier alpha value is -1.60. The van der Waals surface area contributed by atoms with Crippen molar-refractivity contribution in [2.45, 2.75) is 24.7 Å². The second kappa shape index (κ2) is 5.06. The van der Waals surface area contributed by atoms with Crippen LogP contribution in [-0.2, 0) is 10.0 Å². The summed E-state index contributed by atoms with van der Waals surface area (Å²) >= 11 is 0. The third-order valence-corrected chi connectivity index (χ3v) is 5.39. The lowest BCUT2D eigenvalue weighted by molar-refractivity contribution is 0.0693. The summed E-state index contributed by atoms with van der Waals surface area (Å²) in [7, 11) is -2.25. The Morgan fingerprint density at radius 2 is 2.00 bits per heavy atom. The van der Waals surface area contributed by atoms with Gasteiger partial charge in [0.15, 0.2) is 0 Å². The average molecular weight is 299 g/mol.